The number of para-hydroxylation sites is 2. The Kier molecular flexibility index (Phi) is 10.9. The number of carbonyl (C=O) groups excluding carboxylic acids is 2. The van der Waals surface area contributed by atoms with Gasteiger partial charge in [0.25, 0.3) is 11.9 Å². The lowest BCUT2D eigenvalue weighted by Crippen LogP contribution is -2.55. The minimum atomic E-state index is -0.115. The number of quaternary nitrogens is 1. The van der Waals surface area contributed by atoms with Crippen molar-refractivity contribution in [2.24, 2.45) is 0 Å². The highest BCUT2D eigenvalue weighted by Crippen LogP contribution is 2.38. The number of methoxy groups -OCH3 is 3. The summed E-state index contributed by atoms with van der Waals surface area (Å²) in [5.41, 5.74) is 3.52. The summed E-state index contributed by atoms with van der Waals surface area (Å²) in [6.45, 7) is 6.57. The third-order valence-electron chi connectivity index (χ3n) is 9.48. The van der Waals surface area contributed by atoms with Crippen molar-refractivity contribution in [2.45, 2.75) is 25.7 Å². The van der Waals surface area contributed by atoms with Crippen LogP contribution in [0.2, 0.25) is 0 Å². The number of ether oxygens (including phenoxy) is 3. The Hall–Kier alpha value is -4.61. The Morgan fingerprint density at radius 3 is 2.21 bits per heavy atom. The molecule has 4 aromatic rings. The summed E-state index contributed by atoms with van der Waals surface area (Å²) in [4.78, 5) is 38.1. The molecule has 0 spiro atoms. The smallest absolute Gasteiger partial charge is 0.334 e. The van der Waals surface area contributed by atoms with Crippen LogP contribution in [0.1, 0.15) is 41.6 Å². The van der Waals surface area contributed by atoms with E-state index in [1.807, 2.05) is 51.5 Å². The molecule has 1 saturated heterocycles. The van der Waals surface area contributed by atoms with E-state index in [4.69, 9.17) is 19.2 Å². The first-order valence-electron chi connectivity index (χ1n) is 16.5. The molecular weight excluding hydrogens is 608 g/mol. The Balaban J connectivity index is 1.30. The lowest BCUT2D eigenvalue weighted by molar-refractivity contribution is -0.131. The number of anilines is 1. The van der Waals surface area contributed by atoms with E-state index in [9.17, 15) is 9.59 Å². The first-order chi connectivity index (χ1) is 23.1. The number of carbonyl (C=O) groups is 2. The summed E-state index contributed by atoms with van der Waals surface area (Å²) in [7, 11) is 10.3. The first-order valence-corrected chi connectivity index (χ1v) is 16.5. The Morgan fingerprint density at radius 2 is 1.56 bits per heavy atom. The topological polar surface area (TPSA) is 89.4 Å². The van der Waals surface area contributed by atoms with Crippen LogP contribution in [0.3, 0.4) is 0 Å². The summed E-state index contributed by atoms with van der Waals surface area (Å²) < 4.78 is 18.6. The van der Waals surface area contributed by atoms with Crippen LogP contribution < -0.4 is 23.7 Å². The standard InChI is InChI=1S/C37H49N6O5/c1-27(44)43(3,4)42-32-17-12-11-16-31(32)38-37(42)41-20-13-19-40(22-23-41)21-18-29(28-14-9-8-10-15-28)26-39(2)36(45)30-24-33(46-5)35(48-7)34(25-30)47-6/h8-12,14-17,24-25,29H,13,18-23,26H2,1-7H3/q+1. The number of imidazole rings is 1. The number of likely N-dealkylation sites (N-methyl/N-ethyl adjacent to an activating group) is 1. The highest BCUT2D eigenvalue weighted by molar-refractivity contribution is 5.95. The van der Waals surface area contributed by atoms with Gasteiger partial charge in [-0.1, -0.05) is 42.5 Å². The van der Waals surface area contributed by atoms with Crippen LogP contribution in [0.25, 0.3) is 11.0 Å². The van der Waals surface area contributed by atoms with Gasteiger partial charge in [0.05, 0.1) is 47.9 Å². The van der Waals surface area contributed by atoms with Crippen molar-refractivity contribution in [3.8, 4) is 17.2 Å². The first kappa shape index (κ1) is 34.7. The lowest BCUT2D eigenvalue weighted by atomic mass is 9.94. The van der Waals surface area contributed by atoms with E-state index >= 15 is 0 Å². The predicted octanol–water partition coefficient (Wildman–Crippen LogP) is 4.77. The van der Waals surface area contributed by atoms with Crippen molar-refractivity contribution >= 4 is 28.8 Å². The van der Waals surface area contributed by atoms with Gasteiger partial charge < -0.3 is 28.9 Å². The summed E-state index contributed by atoms with van der Waals surface area (Å²) in [6.07, 6.45) is 1.87. The van der Waals surface area contributed by atoms with E-state index in [-0.39, 0.29) is 22.3 Å². The second kappa shape index (κ2) is 15.1. The second-order valence-electron chi connectivity index (χ2n) is 12.8. The van der Waals surface area contributed by atoms with Crippen molar-refractivity contribution in [3.05, 3.63) is 77.9 Å². The highest BCUT2D eigenvalue weighted by atomic mass is 16.5. The molecule has 48 heavy (non-hydrogen) atoms. The van der Waals surface area contributed by atoms with Gasteiger partial charge >= 0.3 is 5.91 Å². The van der Waals surface area contributed by atoms with Crippen LogP contribution in [-0.4, -0.2) is 113 Å². The molecule has 1 atom stereocenters. The largest absolute Gasteiger partial charge is 0.493 e. The zero-order chi connectivity index (χ0) is 34.4. The average Bonchev–Trinajstić information content (AvgIpc) is 3.34. The number of benzene rings is 3. The van der Waals surface area contributed by atoms with E-state index in [0.717, 1.165) is 62.5 Å². The number of amides is 2. The van der Waals surface area contributed by atoms with Gasteiger partial charge in [-0.25, -0.2) is 9.78 Å². The van der Waals surface area contributed by atoms with Crippen LogP contribution >= 0.6 is 0 Å². The van der Waals surface area contributed by atoms with Gasteiger partial charge in [-0.15, -0.1) is 4.68 Å². The number of rotatable bonds is 12. The summed E-state index contributed by atoms with van der Waals surface area (Å²) in [5.74, 6) is 2.24. The fraction of sp³-hybridized carbons (Fsp3) is 0.432. The zero-order valence-electron chi connectivity index (χ0n) is 29.3. The maximum absolute atomic E-state index is 13.7. The second-order valence-corrected chi connectivity index (χ2v) is 12.8. The van der Waals surface area contributed by atoms with Crippen LogP contribution in [-0.2, 0) is 4.79 Å². The summed E-state index contributed by atoms with van der Waals surface area (Å²) in [5, 5.41) is 0. The molecule has 2 heterocycles. The fourth-order valence-corrected chi connectivity index (χ4v) is 6.50. The van der Waals surface area contributed by atoms with Gasteiger partial charge in [0.15, 0.2) is 11.5 Å². The average molecular weight is 658 g/mol. The number of hydrogen-bond donors (Lipinski definition) is 0. The molecule has 0 bridgehead atoms. The van der Waals surface area contributed by atoms with Gasteiger partial charge in [-0.3, -0.25) is 4.79 Å². The minimum Gasteiger partial charge on any atom is -0.493 e. The molecule has 11 heteroatoms. The van der Waals surface area contributed by atoms with Gasteiger partial charge in [0.1, 0.15) is 5.52 Å². The van der Waals surface area contributed by atoms with E-state index < -0.39 is 0 Å². The van der Waals surface area contributed by atoms with Gasteiger partial charge in [0, 0.05) is 44.7 Å². The molecule has 256 valence electrons. The van der Waals surface area contributed by atoms with Crippen LogP contribution in [0.15, 0.2) is 66.7 Å². The summed E-state index contributed by atoms with van der Waals surface area (Å²) in [6, 6.07) is 21.8. The van der Waals surface area contributed by atoms with Gasteiger partial charge in [-0.05, 0) is 55.8 Å². The van der Waals surface area contributed by atoms with Crippen LogP contribution in [0.5, 0.6) is 17.2 Å². The molecule has 5 rings (SSSR count). The lowest BCUT2D eigenvalue weighted by Gasteiger charge is -2.31. The van der Waals surface area contributed by atoms with Crippen molar-refractivity contribution < 1.29 is 23.8 Å². The Morgan fingerprint density at radius 1 is 0.896 bits per heavy atom. The van der Waals surface area contributed by atoms with Crippen LogP contribution in [0, 0.1) is 0 Å². The Labute approximate surface area is 283 Å². The number of nitrogens with zero attached hydrogens (tertiary/aromatic N) is 6. The molecule has 1 aromatic heterocycles. The van der Waals surface area contributed by atoms with E-state index in [2.05, 4.69) is 38.7 Å². The minimum absolute atomic E-state index is 0.0384. The molecule has 3 aromatic carbocycles. The van der Waals surface area contributed by atoms with Gasteiger partial charge in [0.2, 0.25) is 5.75 Å². The monoisotopic (exact) mass is 657 g/mol. The predicted molar refractivity (Wildman–Crippen MR) is 190 cm³/mol. The highest BCUT2D eigenvalue weighted by Gasteiger charge is 2.33. The number of fused-ring (bicyclic) bond motifs is 1. The summed E-state index contributed by atoms with van der Waals surface area (Å²) >= 11 is 0. The van der Waals surface area contributed by atoms with E-state index in [1.54, 1.807) is 45.3 Å². The molecule has 0 N–H and O–H groups in total. The maximum atomic E-state index is 13.7. The van der Waals surface area contributed by atoms with Crippen molar-refractivity contribution in [3.63, 3.8) is 0 Å². The van der Waals surface area contributed by atoms with Gasteiger partial charge in [-0.2, -0.15) is 4.59 Å². The quantitative estimate of drug-likeness (QED) is 0.202. The molecule has 0 radical (unpaired) electrons. The van der Waals surface area contributed by atoms with Crippen molar-refractivity contribution in [2.75, 3.05) is 86.6 Å². The molecule has 11 nitrogen and oxygen atoms in total. The Bertz CT molecular complexity index is 1700. The SMILES string of the molecule is COc1cc(C(=O)N(C)CC(CCN2CCCN(c3nc4ccccc4n3[N+](C)(C)C(C)=O)CC2)c2ccccc2)cc(OC)c1OC. The number of aromatic nitrogens is 2. The molecule has 2 amide bonds. The molecule has 0 saturated carbocycles. The molecular formula is C37H49N6O5+. The van der Waals surface area contributed by atoms with Crippen LogP contribution in [0.4, 0.5) is 5.95 Å². The normalized spacial score (nSPS) is 14.8. The molecule has 1 aliphatic heterocycles. The maximum Gasteiger partial charge on any atom is 0.334 e. The molecule has 1 aliphatic rings. The molecule has 1 unspecified atom stereocenters. The fourth-order valence-electron chi connectivity index (χ4n) is 6.50. The van der Waals surface area contributed by atoms with Crippen molar-refractivity contribution in [1.82, 2.24) is 24.1 Å². The van der Waals surface area contributed by atoms with E-state index in [1.165, 1.54) is 5.56 Å². The molecule has 1 fully saturated rings. The molecule has 0 aliphatic carbocycles. The third kappa shape index (κ3) is 7.27. The van der Waals surface area contributed by atoms with Crippen molar-refractivity contribution in [1.29, 1.82) is 0 Å². The zero-order valence-corrected chi connectivity index (χ0v) is 29.3. The number of hydrogen-bond acceptors (Lipinski definition) is 8. The van der Waals surface area contributed by atoms with E-state index in [0.29, 0.717) is 29.4 Å². The third-order valence-corrected chi connectivity index (χ3v) is 9.48.